The molecular weight excluding hydrogens is 306 g/mol. The van der Waals surface area contributed by atoms with E-state index in [9.17, 15) is 0 Å². The van der Waals surface area contributed by atoms with Crippen molar-refractivity contribution in [2.75, 3.05) is 13.4 Å². The molecule has 110 valence electrons. The Morgan fingerprint density at radius 1 is 1.29 bits per heavy atom. The van der Waals surface area contributed by atoms with Crippen molar-refractivity contribution in [1.82, 2.24) is 0 Å². The van der Waals surface area contributed by atoms with Gasteiger partial charge in [0.25, 0.3) is 0 Å². The Balaban J connectivity index is 2.51. The third-order valence-corrected chi connectivity index (χ3v) is 4.19. The molecule has 1 N–H and O–H groups in total. The maximum atomic E-state index is 8.63. The van der Waals surface area contributed by atoms with Gasteiger partial charge in [0, 0.05) is 17.5 Å². The second-order valence-electron chi connectivity index (χ2n) is 4.37. The summed E-state index contributed by atoms with van der Waals surface area (Å²) < 4.78 is 5.19. The minimum absolute atomic E-state index is 0.560. The van der Waals surface area contributed by atoms with Crippen molar-refractivity contribution in [1.29, 1.82) is 0 Å². The first-order valence-electron chi connectivity index (χ1n) is 6.36. The van der Waals surface area contributed by atoms with Crippen LogP contribution in [0.5, 0.6) is 5.75 Å². The lowest BCUT2D eigenvalue weighted by atomic mass is 9.98. The van der Waals surface area contributed by atoms with Crippen LogP contribution in [0.3, 0.4) is 0 Å². The first-order valence-corrected chi connectivity index (χ1v) is 7.96. The average Bonchev–Trinajstić information content (AvgIpc) is 2.52. The number of benzene rings is 2. The first kappa shape index (κ1) is 15.7. The zero-order valence-electron chi connectivity index (χ0n) is 11.8. The lowest BCUT2D eigenvalue weighted by Crippen LogP contribution is -1.93. The largest absolute Gasteiger partial charge is 0.495 e. The molecule has 0 aliphatic rings. The molecule has 21 heavy (non-hydrogen) atoms. The van der Waals surface area contributed by atoms with Gasteiger partial charge in [-0.3, -0.25) is 0 Å². The summed E-state index contributed by atoms with van der Waals surface area (Å²) in [6, 6.07) is 11.9. The fourth-order valence-electron chi connectivity index (χ4n) is 2.10. The molecule has 0 aliphatic heterocycles. The fraction of sp³-hybridized carbons (Fsp3) is 0.188. The van der Waals surface area contributed by atoms with Crippen LogP contribution in [-0.4, -0.2) is 24.8 Å². The van der Waals surface area contributed by atoms with Gasteiger partial charge < -0.3 is 9.94 Å². The molecule has 0 aromatic heterocycles. The Morgan fingerprint density at radius 3 is 2.71 bits per heavy atom. The predicted octanol–water partition coefficient (Wildman–Crippen LogP) is 4.74. The molecule has 0 fully saturated rings. The summed E-state index contributed by atoms with van der Waals surface area (Å²) in [7, 11) is 1.60. The molecule has 0 spiro atoms. The predicted molar refractivity (Wildman–Crippen MR) is 89.2 cm³/mol. The maximum absolute atomic E-state index is 8.63. The quantitative estimate of drug-likeness (QED) is 0.374. The van der Waals surface area contributed by atoms with Crippen LogP contribution in [0.2, 0.25) is 5.02 Å². The van der Waals surface area contributed by atoms with Gasteiger partial charge in [0.1, 0.15) is 5.75 Å². The maximum Gasteiger partial charge on any atom is 0.137 e. The number of ether oxygens (including phenoxy) is 1. The van der Waals surface area contributed by atoms with Gasteiger partial charge in [0.2, 0.25) is 0 Å². The molecule has 2 rings (SSSR count). The minimum Gasteiger partial charge on any atom is -0.495 e. The Labute approximate surface area is 133 Å². The molecule has 3 nitrogen and oxygen atoms in total. The highest BCUT2D eigenvalue weighted by molar-refractivity contribution is 7.98. The van der Waals surface area contributed by atoms with Crippen LogP contribution in [0.15, 0.2) is 46.4 Å². The van der Waals surface area contributed by atoms with Crippen LogP contribution in [0, 0.1) is 0 Å². The Bertz CT molecular complexity index is 659. The standard InChI is InChI=1S/C16H16ClNO2S/c1-20-16-6-4-12(9-15(16)17)14-10-13(21-2)5-3-11(14)7-8-18-19/h3-6,8-10,19H,7H2,1-2H3/b18-8+. The van der Waals surface area contributed by atoms with E-state index in [4.69, 9.17) is 21.5 Å². The zero-order chi connectivity index (χ0) is 15.2. The molecular formula is C16H16ClNO2S. The van der Waals surface area contributed by atoms with E-state index in [1.165, 1.54) is 11.1 Å². The van der Waals surface area contributed by atoms with Gasteiger partial charge in [-0.15, -0.1) is 16.9 Å². The third kappa shape index (κ3) is 3.71. The van der Waals surface area contributed by atoms with E-state index in [-0.39, 0.29) is 0 Å². The second-order valence-corrected chi connectivity index (χ2v) is 5.66. The summed E-state index contributed by atoms with van der Waals surface area (Å²) in [5.74, 6) is 0.653. The molecule has 0 aliphatic carbocycles. The van der Waals surface area contributed by atoms with Gasteiger partial charge >= 0.3 is 0 Å². The summed E-state index contributed by atoms with van der Waals surface area (Å²) in [6.45, 7) is 0. The molecule has 0 amide bonds. The van der Waals surface area contributed by atoms with Crippen molar-refractivity contribution in [3.8, 4) is 16.9 Å². The normalized spacial score (nSPS) is 11.0. The molecule has 0 bridgehead atoms. The number of thioether (sulfide) groups is 1. The van der Waals surface area contributed by atoms with Crippen LogP contribution in [0.4, 0.5) is 0 Å². The molecule has 2 aromatic carbocycles. The number of hydrogen-bond donors (Lipinski definition) is 1. The van der Waals surface area contributed by atoms with Crippen molar-refractivity contribution in [3.63, 3.8) is 0 Å². The molecule has 0 heterocycles. The first-order chi connectivity index (χ1) is 10.2. The fourth-order valence-corrected chi connectivity index (χ4v) is 2.80. The van der Waals surface area contributed by atoms with Crippen LogP contribution in [-0.2, 0) is 6.42 Å². The number of hydrogen-bond acceptors (Lipinski definition) is 4. The van der Waals surface area contributed by atoms with E-state index in [0.29, 0.717) is 17.2 Å². The summed E-state index contributed by atoms with van der Waals surface area (Å²) >= 11 is 7.89. The monoisotopic (exact) mass is 321 g/mol. The van der Waals surface area contributed by atoms with Crippen LogP contribution < -0.4 is 4.74 Å². The summed E-state index contributed by atoms with van der Waals surface area (Å²) in [5, 5.41) is 12.3. The SMILES string of the molecule is COc1ccc(-c2cc(SC)ccc2C/C=N/O)cc1Cl. The zero-order valence-corrected chi connectivity index (χ0v) is 13.4. The second kappa shape index (κ2) is 7.38. The van der Waals surface area contributed by atoms with Gasteiger partial charge in [-0.1, -0.05) is 23.7 Å². The Morgan fingerprint density at radius 2 is 2.10 bits per heavy atom. The average molecular weight is 322 g/mol. The molecule has 0 unspecified atom stereocenters. The van der Waals surface area contributed by atoms with Gasteiger partial charge in [-0.2, -0.15) is 0 Å². The van der Waals surface area contributed by atoms with Gasteiger partial charge in [0.05, 0.1) is 12.1 Å². The van der Waals surface area contributed by atoms with Gasteiger partial charge in [-0.25, -0.2) is 0 Å². The van der Waals surface area contributed by atoms with Crippen LogP contribution in [0.1, 0.15) is 5.56 Å². The highest BCUT2D eigenvalue weighted by Gasteiger charge is 2.09. The number of rotatable bonds is 5. The molecule has 0 atom stereocenters. The van der Waals surface area contributed by atoms with Gasteiger partial charge in [0.15, 0.2) is 0 Å². The lowest BCUT2D eigenvalue weighted by Gasteiger charge is -2.12. The van der Waals surface area contributed by atoms with Crippen LogP contribution >= 0.6 is 23.4 Å². The molecule has 0 saturated heterocycles. The highest BCUT2D eigenvalue weighted by Crippen LogP contribution is 2.33. The van der Waals surface area contributed by atoms with Crippen molar-refractivity contribution in [2.45, 2.75) is 11.3 Å². The smallest absolute Gasteiger partial charge is 0.137 e. The number of halogens is 1. The van der Waals surface area contributed by atoms with E-state index in [0.717, 1.165) is 16.7 Å². The molecule has 2 aromatic rings. The number of oxime groups is 1. The van der Waals surface area contributed by atoms with E-state index < -0.39 is 0 Å². The Hall–Kier alpha value is -1.65. The van der Waals surface area contributed by atoms with E-state index in [1.54, 1.807) is 18.9 Å². The van der Waals surface area contributed by atoms with Crippen molar-refractivity contribution >= 4 is 29.6 Å². The minimum atomic E-state index is 0.560. The highest BCUT2D eigenvalue weighted by atomic mass is 35.5. The summed E-state index contributed by atoms with van der Waals surface area (Å²) in [5.41, 5.74) is 3.16. The molecule has 5 heteroatoms. The van der Waals surface area contributed by atoms with Crippen molar-refractivity contribution in [3.05, 3.63) is 47.0 Å². The van der Waals surface area contributed by atoms with Gasteiger partial charge in [-0.05, 0) is 47.2 Å². The summed E-state index contributed by atoms with van der Waals surface area (Å²) in [6.07, 6.45) is 4.07. The third-order valence-electron chi connectivity index (χ3n) is 3.17. The molecule has 0 radical (unpaired) electrons. The van der Waals surface area contributed by atoms with Crippen molar-refractivity contribution in [2.24, 2.45) is 5.16 Å². The Kier molecular flexibility index (Phi) is 5.53. The topological polar surface area (TPSA) is 41.8 Å². The van der Waals surface area contributed by atoms with Crippen LogP contribution in [0.25, 0.3) is 11.1 Å². The summed E-state index contributed by atoms with van der Waals surface area (Å²) in [4.78, 5) is 1.17. The lowest BCUT2D eigenvalue weighted by molar-refractivity contribution is 0.321. The number of nitrogens with zero attached hydrogens (tertiary/aromatic N) is 1. The number of methoxy groups -OCH3 is 1. The molecule has 0 saturated carbocycles. The van der Waals surface area contributed by atoms with E-state index in [1.807, 2.05) is 30.5 Å². The van der Waals surface area contributed by atoms with E-state index in [2.05, 4.69) is 17.3 Å². The van der Waals surface area contributed by atoms with Crippen molar-refractivity contribution < 1.29 is 9.94 Å². The van der Waals surface area contributed by atoms with E-state index >= 15 is 0 Å².